The van der Waals surface area contributed by atoms with Crippen molar-refractivity contribution < 1.29 is 9.72 Å². The molecule has 1 amide bonds. The number of carbonyl (C=O) groups is 1. The second-order valence-corrected chi connectivity index (χ2v) is 5.18. The fraction of sp³-hybridized carbons (Fsp3) is 0.562. The number of amides is 1. The van der Waals surface area contributed by atoms with Gasteiger partial charge < -0.3 is 5.32 Å². The fourth-order valence-electron chi connectivity index (χ4n) is 2.12. The molecule has 0 aromatic heterocycles. The highest BCUT2D eigenvalue weighted by atomic mass is 16.6. The molecule has 1 N–H and O–H groups in total. The lowest BCUT2D eigenvalue weighted by Crippen LogP contribution is -2.24. The molecule has 0 aliphatic heterocycles. The maximum absolute atomic E-state index is 11.8. The Hall–Kier alpha value is -1.91. The van der Waals surface area contributed by atoms with E-state index in [4.69, 9.17) is 0 Å². The molecule has 0 unspecified atom stereocenters. The molecule has 0 saturated carbocycles. The Balaban J connectivity index is 2.17. The third-order valence-electron chi connectivity index (χ3n) is 3.41. The summed E-state index contributed by atoms with van der Waals surface area (Å²) in [5.41, 5.74) is 0.460. The minimum atomic E-state index is -0.472. The zero-order chi connectivity index (χ0) is 15.5. The van der Waals surface area contributed by atoms with Crippen LogP contribution in [0, 0.1) is 10.1 Å². The first kappa shape index (κ1) is 17.1. The molecular formula is C16H24N2O3. The van der Waals surface area contributed by atoms with Crippen molar-refractivity contribution in [3.8, 4) is 0 Å². The number of nitro benzene ring substituents is 1. The van der Waals surface area contributed by atoms with Crippen molar-refractivity contribution in [2.24, 2.45) is 0 Å². The van der Waals surface area contributed by atoms with Gasteiger partial charge >= 0.3 is 0 Å². The maximum atomic E-state index is 11.8. The summed E-state index contributed by atoms with van der Waals surface area (Å²) in [6, 6.07) is 5.67. The monoisotopic (exact) mass is 292 g/mol. The molecular weight excluding hydrogens is 268 g/mol. The zero-order valence-electron chi connectivity index (χ0n) is 12.6. The quantitative estimate of drug-likeness (QED) is 0.401. The summed E-state index contributed by atoms with van der Waals surface area (Å²) < 4.78 is 0. The smallest absolute Gasteiger partial charge is 0.269 e. The number of benzene rings is 1. The number of unbranched alkanes of at least 4 members (excludes halogenated alkanes) is 6. The van der Waals surface area contributed by atoms with Crippen LogP contribution in [-0.4, -0.2) is 17.4 Å². The molecule has 0 aliphatic rings. The predicted molar refractivity (Wildman–Crippen MR) is 83.4 cm³/mol. The van der Waals surface area contributed by atoms with Gasteiger partial charge in [0.15, 0.2) is 0 Å². The Morgan fingerprint density at radius 1 is 1.05 bits per heavy atom. The highest BCUT2D eigenvalue weighted by Crippen LogP contribution is 2.12. The lowest BCUT2D eigenvalue weighted by molar-refractivity contribution is -0.384. The second-order valence-electron chi connectivity index (χ2n) is 5.18. The number of hydrogen-bond donors (Lipinski definition) is 1. The molecule has 5 heteroatoms. The van der Waals surface area contributed by atoms with Gasteiger partial charge in [-0.15, -0.1) is 0 Å². The van der Waals surface area contributed by atoms with Crippen molar-refractivity contribution in [1.29, 1.82) is 0 Å². The normalized spacial score (nSPS) is 10.3. The first-order valence-electron chi connectivity index (χ1n) is 7.67. The standard InChI is InChI=1S/C16H24N2O3/c1-2-3-4-5-6-7-8-13-17-16(19)14-9-11-15(12-10-14)18(20)21/h9-12H,2-8,13H2,1H3,(H,17,19). The second kappa shape index (κ2) is 9.91. The molecule has 0 atom stereocenters. The molecule has 116 valence electrons. The average Bonchev–Trinajstić information content (AvgIpc) is 2.49. The number of nitro groups is 1. The Labute approximate surface area is 125 Å². The van der Waals surface area contributed by atoms with Crippen LogP contribution in [-0.2, 0) is 0 Å². The lowest BCUT2D eigenvalue weighted by atomic mass is 10.1. The van der Waals surface area contributed by atoms with Gasteiger partial charge in [0.1, 0.15) is 0 Å². The summed E-state index contributed by atoms with van der Waals surface area (Å²) in [5, 5.41) is 13.4. The summed E-state index contributed by atoms with van der Waals surface area (Å²) in [5.74, 6) is -0.170. The molecule has 0 spiro atoms. The third-order valence-corrected chi connectivity index (χ3v) is 3.41. The Kier molecular flexibility index (Phi) is 8.09. The molecule has 0 bridgehead atoms. The van der Waals surface area contributed by atoms with E-state index >= 15 is 0 Å². The van der Waals surface area contributed by atoms with Gasteiger partial charge in [0.25, 0.3) is 11.6 Å². The van der Waals surface area contributed by atoms with Crippen LogP contribution in [0.3, 0.4) is 0 Å². The first-order valence-corrected chi connectivity index (χ1v) is 7.67. The molecule has 0 heterocycles. The number of hydrogen-bond acceptors (Lipinski definition) is 3. The molecule has 0 saturated heterocycles. The van der Waals surface area contributed by atoms with Crippen LogP contribution in [0.1, 0.15) is 62.2 Å². The van der Waals surface area contributed by atoms with Crippen LogP contribution in [0.4, 0.5) is 5.69 Å². The van der Waals surface area contributed by atoms with Gasteiger partial charge in [0, 0.05) is 24.2 Å². The molecule has 21 heavy (non-hydrogen) atoms. The van der Waals surface area contributed by atoms with E-state index in [0.717, 1.165) is 12.8 Å². The van der Waals surface area contributed by atoms with Gasteiger partial charge in [0.2, 0.25) is 0 Å². The van der Waals surface area contributed by atoms with Gasteiger partial charge in [-0.25, -0.2) is 0 Å². The van der Waals surface area contributed by atoms with E-state index in [0.29, 0.717) is 12.1 Å². The van der Waals surface area contributed by atoms with Crippen molar-refractivity contribution >= 4 is 11.6 Å². The molecule has 0 aliphatic carbocycles. The number of rotatable bonds is 10. The van der Waals surface area contributed by atoms with Crippen LogP contribution in [0.15, 0.2) is 24.3 Å². The van der Waals surface area contributed by atoms with Gasteiger partial charge in [-0.2, -0.15) is 0 Å². The van der Waals surface area contributed by atoms with Crippen molar-refractivity contribution in [2.75, 3.05) is 6.54 Å². The number of nitrogens with zero attached hydrogens (tertiary/aromatic N) is 1. The van der Waals surface area contributed by atoms with E-state index < -0.39 is 4.92 Å². The maximum Gasteiger partial charge on any atom is 0.269 e. The molecule has 1 aromatic rings. The van der Waals surface area contributed by atoms with E-state index in [1.807, 2.05) is 0 Å². The highest BCUT2D eigenvalue weighted by molar-refractivity contribution is 5.94. The third kappa shape index (κ3) is 6.88. The van der Waals surface area contributed by atoms with E-state index in [1.165, 1.54) is 56.4 Å². The minimum Gasteiger partial charge on any atom is -0.352 e. The molecule has 1 rings (SSSR count). The van der Waals surface area contributed by atoms with Crippen LogP contribution >= 0.6 is 0 Å². The van der Waals surface area contributed by atoms with Crippen LogP contribution in [0.2, 0.25) is 0 Å². The van der Waals surface area contributed by atoms with E-state index in [-0.39, 0.29) is 11.6 Å². The summed E-state index contributed by atoms with van der Waals surface area (Å²) in [6.45, 7) is 2.86. The summed E-state index contributed by atoms with van der Waals surface area (Å²) in [7, 11) is 0. The predicted octanol–water partition coefficient (Wildman–Crippen LogP) is 4.08. The van der Waals surface area contributed by atoms with Gasteiger partial charge in [0.05, 0.1) is 4.92 Å². The van der Waals surface area contributed by atoms with Crippen molar-refractivity contribution in [1.82, 2.24) is 5.32 Å². The van der Waals surface area contributed by atoms with Crippen molar-refractivity contribution in [3.05, 3.63) is 39.9 Å². The zero-order valence-corrected chi connectivity index (χ0v) is 12.6. The van der Waals surface area contributed by atoms with Crippen LogP contribution < -0.4 is 5.32 Å². The number of nitrogens with one attached hydrogen (secondary N) is 1. The summed E-state index contributed by atoms with van der Waals surface area (Å²) in [4.78, 5) is 21.9. The molecule has 0 fully saturated rings. The molecule has 5 nitrogen and oxygen atoms in total. The topological polar surface area (TPSA) is 72.2 Å². The average molecular weight is 292 g/mol. The molecule has 1 aromatic carbocycles. The minimum absolute atomic E-state index is 0.00127. The van der Waals surface area contributed by atoms with Gasteiger partial charge in [-0.1, -0.05) is 45.4 Å². The van der Waals surface area contributed by atoms with E-state index in [2.05, 4.69) is 12.2 Å². The Morgan fingerprint density at radius 2 is 1.62 bits per heavy atom. The van der Waals surface area contributed by atoms with Crippen LogP contribution in [0.5, 0.6) is 0 Å². The van der Waals surface area contributed by atoms with Gasteiger partial charge in [-0.05, 0) is 18.6 Å². The van der Waals surface area contributed by atoms with Crippen molar-refractivity contribution in [2.45, 2.75) is 51.9 Å². The van der Waals surface area contributed by atoms with Crippen LogP contribution in [0.25, 0.3) is 0 Å². The van der Waals surface area contributed by atoms with E-state index in [9.17, 15) is 14.9 Å². The van der Waals surface area contributed by atoms with E-state index in [1.54, 1.807) is 0 Å². The van der Waals surface area contributed by atoms with Crippen molar-refractivity contribution in [3.63, 3.8) is 0 Å². The Bertz CT molecular complexity index is 443. The largest absolute Gasteiger partial charge is 0.352 e. The summed E-state index contributed by atoms with van der Waals surface area (Å²) >= 11 is 0. The number of non-ortho nitro benzene ring substituents is 1. The molecule has 0 radical (unpaired) electrons. The Morgan fingerprint density at radius 3 is 2.19 bits per heavy atom. The SMILES string of the molecule is CCCCCCCCCNC(=O)c1ccc([N+](=O)[O-])cc1. The first-order chi connectivity index (χ1) is 10.1. The fourth-order valence-corrected chi connectivity index (χ4v) is 2.12. The highest BCUT2D eigenvalue weighted by Gasteiger charge is 2.08. The number of carbonyl (C=O) groups excluding carboxylic acids is 1. The lowest BCUT2D eigenvalue weighted by Gasteiger charge is -2.05. The van der Waals surface area contributed by atoms with Gasteiger partial charge in [-0.3, -0.25) is 14.9 Å². The summed E-state index contributed by atoms with van der Waals surface area (Å²) in [6.07, 6.45) is 8.44.